The van der Waals surface area contributed by atoms with Crippen molar-refractivity contribution in [2.75, 3.05) is 12.4 Å². The summed E-state index contributed by atoms with van der Waals surface area (Å²) in [6, 6.07) is 8.23. The van der Waals surface area contributed by atoms with Crippen LogP contribution < -0.4 is 16.4 Å². The van der Waals surface area contributed by atoms with Crippen molar-refractivity contribution in [1.29, 1.82) is 0 Å². The molecule has 4 unspecified atom stereocenters. The summed E-state index contributed by atoms with van der Waals surface area (Å²) in [7, 11) is 1.72. The molecule has 2 aromatic carbocycles. The maximum absolute atomic E-state index is 15.3. The number of rotatable bonds is 6. The van der Waals surface area contributed by atoms with Gasteiger partial charge in [-0.25, -0.2) is 4.39 Å². The molecule has 1 aliphatic rings. The number of benzene rings is 2. The summed E-state index contributed by atoms with van der Waals surface area (Å²) in [4.78, 5) is 25.7. The number of anilines is 1. The molecule has 32 heavy (non-hydrogen) atoms. The summed E-state index contributed by atoms with van der Waals surface area (Å²) in [6.45, 7) is 6.12. The Bertz CT molecular complexity index is 1040. The van der Waals surface area contributed by atoms with Gasteiger partial charge in [-0.2, -0.15) is 0 Å². The monoisotopic (exact) mass is 479 g/mol. The van der Waals surface area contributed by atoms with E-state index in [2.05, 4.69) is 10.6 Å². The third kappa shape index (κ3) is 4.24. The van der Waals surface area contributed by atoms with Crippen LogP contribution in [0.25, 0.3) is 0 Å². The summed E-state index contributed by atoms with van der Waals surface area (Å²) in [5.74, 6) is -2.26. The van der Waals surface area contributed by atoms with Crippen LogP contribution >= 0.6 is 23.2 Å². The molecule has 4 atom stereocenters. The number of carbonyl (C=O) groups excluding carboxylic acids is 2. The summed E-state index contributed by atoms with van der Waals surface area (Å²) in [5.41, 5.74) is 5.64. The Morgan fingerprint density at radius 3 is 2.53 bits per heavy atom. The van der Waals surface area contributed by atoms with Crippen LogP contribution in [0, 0.1) is 11.2 Å². The Kier molecular flexibility index (Phi) is 6.89. The predicted octanol–water partition coefficient (Wildman–Crippen LogP) is 4.66. The van der Waals surface area contributed by atoms with Gasteiger partial charge in [-0.1, -0.05) is 62.2 Å². The number of aldehydes is 1. The third-order valence-corrected chi connectivity index (χ3v) is 6.68. The third-order valence-electron chi connectivity index (χ3n) is 6.16. The molecule has 1 fully saturated rings. The molecule has 8 heteroatoms. The summed E-state index contributed by atoms with van der Waals surface area (Å²) >= 11 is 12.3. The van der Waals surface area contributed by atoms with Gasteiger partial charge in [-0.3, -0.25) is 4.79 Å². The second-order valence-corrected chi connectivity index (χ2v) is 10.3. The van der Waals surface area contributed by atoms with Crippen molar-refractivity contribution >= 4 is 41.1 Å². The van der Waals surface area contributed by atoms with Gasteiger partial charge >= 0.3 is 0 Å². The van der Waals surface area contributed by atoms with Crippen molar-refractivity contribution in [3.63, 3.8) is 0 Å². The van der Waals surface area contributed by atoms with E-state index in [9.17, 15) is 9.59 Å². The molecule has 1 heterocycles. The molecule has 1 aliphatic heterocycles. The highest BCUT2D eigenvalue weighted by molar-refractivity contribution is 6.31. The molecule has 1 amide bonds. The predicted molar refractivity (Wildman–Crippen MR) is 127 cm³/mol. The van der Waals surface area contributed by atoms with Gasteiger partial charge in [0.1, 0.15) is 12.1 Å². The molecule has 0 aromatic heterocycles. The first-order valence-corrected chi connectivity index (χ1v) is 11.1. The first-order valence-electron chi connectivity index (χ1n) is 10.4. The van der Waals surface area contributed by atoms with Crippen LogP contribution in [0.2, 0.25) is 10.0 Å². The van der Waals surface area contributed by atoms with Crippen LogP contribution in [0.3, 0.4) is 0 Å². The van der Waals surface area contributed by atoms with Gasteiger partial charge in [0.25, 0.3) is 0 Å². The largest absolute Gasteiger partial charge is 0.388 e. The molecule has 0 radical (unpaired) electrons. The highest BCUT2D eigenvalue weighted by Gasteiger charge is 2.60. The van der Waals surface area contributed by atoms with Crippen molar-refractivity contribution in [1.82, 2.24) is 5.32 Å². The lowest BCUT2D eigenvalue weighted by Crippen LogP contribution is -2.46. The molecular weight excluding hydrogens is 452 g/mol. The van der Waals surface area contributed by atoms with Gasteiger partial charge in [0, 0.05) is 29.7 Å². The van der Waals surface area contributed by atoms with Gasteiger partial charge in [0.15, 0.2) is 0 Å². The average Bonchev–Trinajstić information content (AvgIpc) is 3.03. The van der Waals surface area contributed by atoms with Gasteiger partial charge in [-0.05, 0) is 41.2 Å². The Morgan fingerprint density at radius 1 is 1.28 bits per heavy atom. The van der Waals surface area contributed by atoms with E-state index in [1.54, 1.807) is 37.4 Å². The van der Waals surface area contributed by atoms with E-state index in [0.29, 0.717) is 22.7 Å². The number of nitrogens with one attached hydrogen (secondary N) is 2. The Hall–Kier alpha value is -2.15. The first kappa shape index (κ1) is 24.5. The number of halogens is 3. The van der Waals surface area contributed by atoms with Crippen LogP contribution in [0.5, 0.6) is 0 Å². The van der Waals surface area contributed by atoms with E-state index in [4.69, 9.17) is 28.9 Å². The van der Waals surface area contributed by atoms with Crippen LogP contribution in [-0.2, 0) is 15.0 Å². The zero-order valence-corrected chi connectivity index (χ0v) is 20.0. The Labute approximate surface area is 197 Å². The molecule has 0 bridgehead atoms. The number of hydrogen-bond acceptors (Lipinski definition) is 4. The highest BCUT2D eigenvalue weighted by Crippen LogP contribution is 2.52. The second kappa shape index (κ2) is 9.00. The van der Waals surface area contributed by atoms with Gasteiger partial charge < -0.3 is 21.2 Å². The quantitative estimate of drug-likeness (QED) is 0.526. The lowest BCUT2D eigenvalue weighted by molar-refractivity contribution is -0.120. The number of hydrogen-bond donors (Lipinski definition) is 3. The summed E-state index contributed by atoms with van der Waals surface area (Å²) in [5, 5.41) is 6.76. The van der Waals surface area contributed by atoms with E-state index in [1.165, 1.54) is 6.07 Å². The van der Waals surface area contributed by atoms with E-state index in [1.807, 2.05) is 20.8 Å². The minimum atomic E-state index is -1.32. The first-order chi connectivity index (χ1) is 15.0. The number of amides is 1. The molecule has 5 nitrogen and oxygen atoms in total. The van der Waals surface area contributed by atoms with Crippen molar-refractivity contribution in [2.24, 2.45) is 11.1 Å². The minimum absolute atomic E-state index is 0.0882. The van der Waals surface area contributed by atoms with Crippen LogP contribution in [-0.4, -0.2) is 31.3 Å². The van der Waals surface area contributed by atoms with E-state index >= 15 is 4.39 Å². The fourth-order valence-corrected chi connectivity index (χ4v) is 5.26. The number of primary amides is 1. The van der Waals surface area contributed by atoms with Gasteiger partial charge in [-0.15, -0.1) is 0 Å². The van der Waals surface area contributed by atoms with E-state index in [-0.39, 0.29) is 16.0 Å². The molecule has 172 valence electrons. The Morgan fingerprint density at radius 2 is 1.97 bits per heavy atom. The molecule has 0 spiro atoms. The fourth-order valence-electron chi connectivity index (χ4n) is 4.90. The van der Waals surface area contributed by atoms with E-state index < -0.39 is 35.1 Å². The smallest absolute Gasteiger partial charge is 0.235 e. The second-order valence-electron chi connectivity index (χ2n) is 9.48. The SMILES string of the molecule is CNc1cc(Cl)ccc1C1(C=O)C(CC(C)(C)C)NC(C(N)=O)C1c1cccc(Cl)c1F. The van der Waals surface area contributed by atoms with Crippen LogP contribution in [0.4, 0.5) is 10.1 Å². The van der Waals surface area contributed by atoms with Crippen molar-refractivity contribution in [3.8, 4) is 0 Å². The molecule has 0 aliphatic carbocycles. The lowest BCUT2D eigenvalue weighted by atomic mass is 9.62. The standard InChI is InChI=1S/C24H28Cl2FN3O2/c1-23(2,3)11-18-24(12-31,15-9-8-13(25)10-17(15)29-4)19(21(30-18)22(28)32)14-6-5-7-16(26)20(14)27/h5-10,12,18-19,21,29-30H,11H2,1-4H3,(H2,28,32). The zero-order chi connectivity index (χ0) is 23.8. The summed E-state index contributed by atoms with van der Waals surface area (Å²) in [6.07, 6.45) is 1.34. The lowest BCUT2D eigenvalue weighted by Gasteiger charge is -2.39. The maximum Gasteiger partial charge on any atom is 0.235 e. The zero-order valence-electron chi connectivity index (χ0n) is 18.5. The molecule has 1 saturated heterocycles. The molecule has 3 rings (SSSR count). The molecule has 0 saturated carbocycles. The summed E-state index contributed by atoms with van der Waals surface area (Å²) < 4.78 is 15.3. The van der Waals surface area contributed by atoms with E-state index in [0.717, 1.165) is 6.29 Å². The maximum atomic E-state index is 15.3. The fraction of sp³-hybridized carbons (Fsp3) is 0.417. The van der Waals surface area contributed by atoms with Crippen molar-refractivity contribution in [2.45, 2.75) is 50.6 Å². The van der Waals surface area contributed by atoms with Crippen molar-refractivity contribution < 1.29 is 14.0 Å². The highest BCUT2D eigenvalue weighted by atomic mass is 35.5. The topological polar surface area (TPSA) is 84.2 Å². The molecule has 4 N–H and O–H groups in total. The Balaban J connectivity index is 2.40. The average molecular weight is 480 g/mol. The normalized spacial score (nSPS) is 25.5. The van der Waals surface area contributed by atoms with Crippen molar-refractivity contribution in [3.05, 3.63) is 63.4 Å². The number of carbonyl (C=O) groups is 2. The van der Waals surface area contributed by atoms with Crippen LogP contribution in [0.1, 0.15) is 44.2 Å². The van der Waals surface area contributed by atoms with Gasteiger partial charge in [0.2, 0.25) is 5.91 Å². The van der Waals surface area contributed by atoms with Gasteiger partial charge in [0.05, 0.1) is 16.5 Å². The molecule has 2 aromatic rings. The van der Waals surface area contributed by atoms with Crippen LogP contribution in [0.15, 0.2) is 36.4 Å². The molecular formula is C24H28Cl2FN3O2. The minimum Gasteiger partial charge on any atom is -0.388 e. The number of nitrogens with two attached hydrogens (primary N) is 1.